The Balaban J connectivity index is 1.44. The van der Waals surface area contributed by atoms with Crippen molar-refractivity contribution in [2.75, 3.05) is 18.4 Å². The van der Waals surface area contributed by atoms with Crippen LogP contribution in [-0.4, -0.2) is 34.9 Å². The highest BCUT2D eigenvalue weighted by Crippen LogP contribution is 2.26. The van der Waals surface area contributed by atoms with Crippen molar-refractivity contribution in [1.82, 2.24) is 9.88 Å². The molecule has 0 saturated carbocycles. The molecule has 1 aliphatic heterocycles. The number of carbonyl (C=O) groups is 1. The van der Waals surface area contributed by atoms with E-state index in [1.165, 1.54) is 6.07 Å². The van der Waals surface area contributed by atoms with Gasteiger partial charge in [-0.25, -0.2) is 4.39 Å². The summed E-state index contributed by atoms with van der Waals surface area (Å²) in [4.78, 5) is 17.6. The van der Waals surface area contributed by atoms with Crippen molar-refractivity contribution in [1.29, 1.82) is 0 Å². The molecule has 2 heterocycles. The molecular weight excluding hydrogens is 353 g/mol. The molecule has 0 bridgehead atoms. The lowest BCUT2D eigenvalue weighted by atomic mass is 10.0. The van der Waals surface area contributed by atoms with Crippen LogP contribution in [0, 0.1) is 5.82 Å². The zero-order valence-electron chi connectivity index (χ0n) is 14.1. The minimum atomic E-state index is -0.373. The number of nitrogens with zero attached hydrogens (tertiary/aromatic N) is 1. The number of benzene rings is 2. The first kappa shape index (κ1) is 16.9. The van der Waals surface area contributed by atoms with Gasteiger partial charge in [-0.3, -0.25) is 4.79 Å². The van der Waals surface area contributed by atoms with Gasteiger partial charge in [0, 0.05) is 36.2 Å². The van der Waals surface area contributed by atoms with Gasteiger partial charge in [0.1, 0.15) is 5.82 Å². The van der Waals surface area contributed by atoms with Crippen molar-refractivity contribution in [3.63, 3.8) is 0 Å². The van der Waals surface area contributed by atoms with Crippen LogP contribution in [0.4, 0.5) is 10.1 Å². The monoisotopic (exact) mass is 371 g/mol. The summed E-state index contributed by atoms with van der Waals surface area (Å²) < 4.78 is 14.1. The third-order valence-corrected chi connectivity index (χ3v) is 5.23. The third-order valence-electron chi connectivity index (χ3n) is 4.90. The zero-order valence-corrected chi connectivity index (χ0v) is 14.9. The summed E-state index contributed by atoms with van der Waals surface area (Å²) in [6.45, 7) is 1.25. The van der Waals surface area contributed by atoms with Crippen molar-refractivity contribution < 1.29 is 9.18 Å². The first-order valence-corrected chi connectivity index (χ1v) is 9.07. The number of piperidine rings is 1. The number of nitrogens with one attached hydrogen (secondary N) is 2. The van der Waals surface area contributed by atoms with Crippen LogP contribution in [-0.2, 0) is 0 Å². The van der Waals surface area contributed by atoms with E-state index < -0.39 is 0 Å². The average Bonchev–Trinajstić information content (AvgIpc) is 3.09. The topological polar surface area (TPSA) is 48.1 Å². The fourth-order valence-corrected chi connectivity index (χ4v) is 3.69. The third kappa shape index (κ3) is 3.15. The minimum absolute atomic E-state index is 0.127. The summed E-state index contributed by atoms with van der Waals surface area (Å²) in [5, 5.41) is 4.51. The fourth-order valence-electron chi connectivity index (χ4n) is 3.50. The number of hydrogen-bond acceptors (Lipinski definition) is 2. The molecule has 2 aromatic carbocycles. The van der Waals surface area contributed by atoms with E-state index in [4.69, 9.17) is 11.6 Å². The standard InChI is InChI=1S/C20H19ClFN3O/c21-15-4-1-2-6-17(15)24-13-8-10-25(11-9-13)20(26)14-12-23-18-7-3-5-16(22)19(14)18/h1-7,12-13,23-24H,8-11H2. The van der Waals surface area contributed by atoms with Gasteiger partial charge < -0.3 is 15.2 Å². The first-order chi connectivity index (χ1) is 12.6. The van der Waals surface area contributed by atoms with Crippen LogP contribution in [0.25, 0.3) is 10.9 Å². The zero-order chi connectivity index (χ0) is 18.1. The smallest absolute Gasteiger partial charge is 0.256 e. The van der Waals surface area contributed by atoms with Gasteiger partial charge in [0.05, 0.1) is 16.3 Å². The molecule has 1 aromatic heterocycles. The highest BCUT2D eigenvalue weighted by Gasteiger charge is 2.26. The Morgan fingerprint density at radius 2 is 1.92 bits per heavy atom. The number of para-hydroxylation sites is 1. The van der Waals surface area contributed by atoms with E-state index in [2.05, 4.69) is 10.3 Å². The number of aromatic amines is 1. The summed E-state index contributed by atoms with van der Waals surface area (Å²) in [5.74, 6) is -0.500. The number of halogens is 2. The molecule has 0 unspecified atom stereocenters. The van der Waals surface area contributed by atoms with E-state index in [1.54, 1.807) is 23.2 Å². The van der Waals surface area contributed by atoms with Gasteiger partial charge in [-0.05, 0) is 37.1 Å². The maximum absolute atomic E-state index is 14.1. The predicted molar refractivity (Wildman–Crippen MR) is 102 cm³/mol. The van der Waals surface area contributed by atoms with E-state index in [0.717, 1.165) is 18.5 Å². The van der Waals surface area contributed by atoms with Gasteiger partial charge in [-0.1, -0.05) is 29.8 Å². The summed E-state index contributed by atoms with van der Waals surface area (Å²) in [7, 11) is 0. The molecule has 1 fully saturated rings. The molecule has 0 aliphatic carbocycles. The van der Waals surface area contributed by atoms with Gasteiger partial charge in [0.15, 0.2) is 0 Å². The Morgan fingerprint density at radius 1 is 1.15 bits per heavy atom. The predicted octanol–water partition coefficient (Wildman–Crippen LogP) is 4.68. The van der Waals surface area contributed by atoms with Crippen LogP contribution in [0.5, 0.6) is 0 Å². The fraction of sp³-hybridized carbons (Fsp3) is 0.250. The van der Waals surface area contributed by atoms with E-state index in [9.17, 15) is 9.18 Å². The quantitative estimate of drug-likeness (QED) is 0.702. The average molecular weight is 372 g/mol. The molecular formula is C20H19ClFN3O. The molecule has 0 radical (unpaired) electrons. The molecule has 26 heavy (non-hydrogen) atoms. The molecule has 1 saturated heterocycles. The van der Waals surface area contributed by atoms with Crippen LogP contribution in [0.3, 0.4) is 0 Å². The second-order valence-corrected chi connectivity index (χ2v) is 6.96. The van der Waals surface area contributed by atoms with Crippen LogP contribution in [0.1, 0.15) is 23.2 Å². The van der Waals surface area contributed by atoms with E-state index in [1.807, 2.05) is 24.3 Å². The molecule has 0 spiro atoms. The van der Waals surface area contributed by atoms with Gasteiger partial charge in [-0.2, -0.15) is 0 Å². The highest BCUT2D eigenvalue weighted by molar-refractivity contribution is 6.33. The lowest BCUT2D eigenvalue weighted by molar-refractivity contribution is 0.0720. The second-order valence-electron chi connectivity index (χ2n) is 6.56. The number of likely N-dealkylation sites (tertiary alicyclic amines) is 1. The van der Waals surface area contributed by atoms with E-state index in [0.29, 0.717) is 34.6 Å². The number of amides is 1. The number of aromatic nitrogens is 1. The van der Waals surface area contributed by atoms with Crippen LogP contribution < -0.4 is 5.32 Å². The number of fused-ring (bicyclic) bond motifs is 1. The number of hydrogen-bond donors (Lipinski definition) is 2. The molecule has 134 valence electrons. The Kier molecular flexibility index (Phi) is 4.55. The SMILES string of the molecule is O=C(c1c[nH]c2cccc(F)c12)N1CCC(Nc2ccccc2Cl)CC1. The number of H-pyrrole nitrogens is 1. The van der Waals surface area contributed by atoms with Crippen LogP contribution >= 0.6 is 11.6 Å². The largest absolute Gasteiger partial charge is 0.381 e. The minimum Gasteiger partial charge on any atom is -0.381 e. The highest BCUT2D eigenvalue weighted by atomic mass is 35.5. The second kappa shape index (κ2) is 7.00. The van der Waals surface area contributed by atoms with Crippen molar-refractivity contribution in [2.24, 2.45) is 0 Å². The van der Waals surface area contributed by atoms with Gasteiger partial charge in [0.25, 0.3) is 5.91 Å². The molecule has 1 aliphatic rings. The Labute approximate surface area is 156 Å². The van der Waals surface area contributed by atoms with Crippen LogP contribution in [0.15, 0.2) is 48.7 Å². The number of rotatable bonds is 3. The van der Waals surface area contributed by atoms with Gasteiger partial charge >= 0.3 is 0 Å². The van der Waals surface area contributed by atoms with Crippen LogP contribution in [0.2, 0.25) is 5.02 Å². The molecule has 1 amide bonds. The van der Waals surface area contributed by atoms with Crippen molar-refractivity contribution in [3.8, 4) is 0 Å². The lowest BCUT2D eigenvalue weighted by Crippen LogP contribution is -2.42. The molecule has 2 N–H and O–H groups in total. The van der Waals surface area contributed by atoms with Crippen molar-refractivity contribution in [2.45, 2.75) is 18.9 Å². The molecule has 4 rings (SSSR count). The maximum atomic E-state index is 14.1. The Morgan fingerprint density at radius 3 is 2.69 bits per heavy atom. The normalized spacial score (nSPS) is 15.4. The Bertz CT molecular complexity index is 947. The first-order valence-electron chi connectivity index (χ1n) is 8.69. The molecule has 6 heteroatoms. The number of anilines is 1. The van der Waals surface area contributed by atoms with Crippen molar-refractivity contribution >= 4 is 34.1 Å². The van der Waals surface area contributed by atoms with E-state index in [-0.39, 0.29) is 17.8 Å². The summed E-state index contributed by atoms with van der Waals surface area (Å²) in [6.07, 6.45) is 3.24. The summed E-state index contributed by atoms with van der Waals surface area (Å²) >= 11 is 6.19. The Hall–Kier alpha value is -2.53. The maximum Gasteiger partial charge on any atom is 0.256 e. The van der Waals surface area contributed by atoms with Gasteiger partial charge in [0.2, 0.25) is 0 Å². The van der Waals surface area contributed by atoms with E-state index >= 15 is 0 Å². The molecule has 4 nitrogen and oxygen atoms in total. The lowest BCUT2D eigenvalue weighted by Gasteiger charge is -2.33. The summed E-state index contributed by atoms with van der Waals surface area (Å²) in [5.41, 5.74) is 1.96. The number of carbonyl (C=O) groups excluding carboxylic acids is 1. The van der Waals surface area contributed by atoms with Gasteiger partial charge in [-0.15, -0.1) is 0 Å². The summed E-state index contributed by atoms with van der Waals surface area (Å²) in [6, 6.07) is 12.7. The van der Waals surface area contributed by atoms with Crippen molar-refractivity contribution in [3.05, 3.63) is 65.1 Å². The molecule has 3 aromatic rings. The molecule has 0 atom stereocenters.